The highest BCUT2D eigenvalue weighted by Crippen LogP contribution is 2.23. The van der Waals surface area contributed by atoms with Crippen molar-refractivity contribution in [3.8, 4) is 0 Å². The average Bonchev–Trinajstić information content (AvgIpc) is 2.55. The van der Waals surface area contributed by atoms with E-state index in [4.69, 9.17) is 9.47 Å². The zero-order valence-electron chi connectivity index (χ0n) is 17.8. The largest absolute Gasteiger partial charge is 0.480 e. The van der Waals surface area contributed by atoms with Gasteiger partial charge in [0.05, 0.1) is 0 Å². The maximum atomic E-state index is 12.5. The summed E-state index contributed by atoms with van der Waals surface area (Å²) >= 11 is 0. The van der Waals surface area contributed by atoms with Crippen LogP contribution >= 0.6 is 0 Å². The first kappa shape index (κ1) is 24.2. The van der Waals surface area contributed by atoms with Crippen molar-refractivity contribution in [2.45, 2.75) is 90.3 Å². The number of hydrogen-bond acceptors (Lipinski definition) is 5. The Morgan fingerprint density at radius 2 is 1.68 bits per heavy atom. The van der Waals surface area contributed by atoms with Gasteiger partial charge in [0.1, 0.15) is 17.2 Å². The molecule has 0 saturated heterocycles. The van der Waals surface area contributed by atoms with Crippen LogP contribution in [0.4, 0.5) is 4.79 Å². The predicted molar refractivity (Wildman–Crippen MR) is 105 cm³/mol. The molecule has 0 unspecified atom stereocenters. The highest BCUT2D eigenvalue weighted by atomic mass is 16.6. The van der Waals surface area contributed by atoms with Crippen molar-refractivity contribution in [3.05, 3.63) is 0 Å². The molecule has 3 N–H and O–H groups in total. The smallest absolute Gasteiger partial charge is 0.408 e. The molecule has 0 aliphatic heterocycles. The van der Waals surface area contributed by atoms with Crippen LogP contribution in [0.25, 0.3) is 0 Å². The second-order valence-corrected chi connectivity index (χ2v) is 8.98. The summed E-state index contributed by atoms with van der Waals surface area (Å²) in [5, 5.41) is 14.3. The number of carboxylic acid groups (broad SMARTS) is 1. The summed E-state index contributed by atoms with van der Waals surface area (Å²) in [6, 6.07) is -1.08. The van der Waals surface area contributed by atoms with Gasteiger partial charge in [0, 0.05) is 19.6 Å². The van der Waals surface area contributed by atoms with Crippen molar-refractivity contribution in [1.82, 2.24) is 10.6 Å². The molecule has 0 bridgehead atoms. The zero-order chi connectivity index (χ0) is 21.4. The molecule has 0 spiro atoms. The molecular formula is C20H36N2O6. The Labute approximate surface area is 167 Å². The first-order valence-electron chi connectivity index (χ1n) is 10.0. The van der Waals surface area contributed by atoms with Crippen LogP contribution in [0.5, 0.6) is 0 Å². The molecule has 1 rings (SSSR count). The third-order valence-electron chi connectivity index (χ3n) is 4.61. The van der Waals surface area contributed by atoms with Crippen molar-refractivity contribution >= 4 is 18.0 Å². The van der Waals surface area contributed by atoms with E-state index in [1.54, 1.807) is 20.8 Å². The Balaban J connectivity index is 2.46. The van der Waals surface area contributed by atoms with E-state index < -0.39 is 35.2 Å². The lowest BCUT2D eigenvalue weighted by molar-refractivity contribution is -0.143. The minimum Gasteiger partial charge on any atom is -0.480 e. The van der Waals surface area contributed by atoms with E-state index in [2.05, 4.69) is 10.6 Å². The summed E-state index contributed by atoms with van der Waals surface area (Å²) in [5.74, 6) is -1.19. The number of nitrogens with one attached hydrogen (secondary N) is 2. The Hall–Kier alpha value is -1.83. The van der Waals surface area contributed by atoms with Gasteiger partial charge in [0.25, 0.3) is 0 Å². The third kappa shape index (κ3) is 9.39. The number of aliphatic carboxylic acids is 1. The SMILES string of the molecule is CC(C)(C)OC(=O)NC(C)(C)C(=O)N[C@H](CCOCC1CCCCC1)C(=O)O. The maximum absolute atomic E-state index is 12.5. The Morgan fingerprint density at radius 1 is 1.07 bits per heavy atom. The van der Waals surface area contributed by atoms with Crippen molar-refractivity contribution in [3.63, 3.8) is 0 Å². The van der Waals surface area contributed by atoms with E-state index in [1.807, 2.05) is 0 Å². The van der Waals surface area contributed by atoms with Crippen LogP contribution in [0.3, 0.4) is 0 Å². The third-order valence-corrected chi connectivity index (χ3v) is 4.61. The van der Waals surface area contributed by atoms with E-state index >= 15 is 0 Å². The molecule has 8 heteroatoms. The summed E-state index contributed by atoms with van der Waals surface area (Å²) in [6.45, 7) is 9.02. The van der Waals surface area contributed by atoms with Gasteiger partial charge in [-0.2, -0.15) is 0 Å². The molecule has 0 aromatic carbocycles. The second kappa shape index (κ2) is 10.6. The van der Waals surface area contributed by atoms with Gasteiger partial charge in [0.15, 0.2) is 0 Å². The lowest BCUT2D eigenvalue weighted by atomic mass is 9.90. The Kier molecular flexibility index (Phi) is 9.20. The van der Waals surface area contributed by atoms with Crippen molar-refractivity contribution < 1.29 is 29.0 Å². The van der Waals surface area contributed by atoms with Gasteiger partial charge in [0.2, 0.25) is 5.91 Å². The van der Waals surface area contributed by atoms with Crippen LogP contribution in [0, 0.1) is 5.92 Å². The molecule has 1 atom stereocenters. The van der Waals surface area contributed by atoms with Gasteiger partial charge < -0.3 is 25.2 Å². The quantitative estimate of drug-likeness (QED) is 0.513. The van der Waals surface area contributed by atoms with Gasteiger partial charge in [-0.1, -0.05) is 19.3 Å². The Morgan fingerprint density at radius 3 is 2.21 bits per heavy atom. The van der Waals surface area contributed by atoms with Crippen LogP contribution in [-0.2, 0) is 19.1 Å². The maximum Gasteiger partial charge on any atom is 0.408 e. The van der Waals surface area contributed by atoms with Crippen LogP contribution in [0.2, 0.25) is 0 Å². The van der Waals surface area contributed by atoms with Crippen LogP contribution in [-0.4, -0.2) is 53.5 Å². The van der Waals surface area contributed by atoms with E-state index in [-0.39, 0.29) is 13.0 Å². The average molecular weight is 401 g/mol. The summed E-state index contributed by atoms with van der Waals surface area (Å²) in [4.78, 5) is 35.9. The first-order chi connectivity index (χ1) is 12.9. The fourth-order valence-corrected chi connectivity index (χ4v) is 3.02. The van der Waals surface area contributed by atoms with Crippen molar-refractivity contribution in [2.24, 2.45) is 5.92 Å². The molecule has 1 saturated carbocycles. The molecule has 0 radical (unpaired) electrons. The second-order valence-electron chi connectivity index (χ2n) is 8.98. The topological polar surface area (TPSA) is 114 Å². The highest BCUT2D eigenvalue weighted by molar-refractivity contribution is 5.92. The van der Waals surface area contributed by atoms with Gasteiger partial charge in [-0.05, 0) is 53.4 Å². The minimum atomic E-state index is -1.32. The van der Waals surface area contributed by atoms with Crippen LogP contribution in [0.1, 0.15) is 73.1 Å². The minimum absolute atomic E-state index is 0.163. The molecule has 0 aromatic heterocycles. The van der Waals surface area contributed by atoms with E-state index in [9.17, 15) is 19.5 Å². The number of ether oxygens (including phenoxy) is 2. The van der Waals surface area contributed by atoms with Crippen molar-refractivity contribution in [1.29, 1.82) is 0 Å². The first-order valence-corrected chi connectivity index (χ1v) is 10.0. The number of carbonyl (C=O) groups is 3. The number of carboxylic acids is 1. The molecule has 1 aliphatic carbocycles. The molecule has 8 nitrogen and oxygen atoms in total. The molecule has 28 heavy (non-hydrogen) atoms. The monoisotopic (exact) mass is 400 g/mol. The molecule has 0 heterocycles. The van der Waals surface area contributed by atoms with E-state index in [0.29, 0.717) is 12.5 Å². The molecule has 1 fully saturated rings. The van der Waals surface area contributed by atoms with E-state index in [1.165, 1.54) is 33.1 Å². The lowest BCUT2D eigenvalue weighted by Gasteiger charge is -2.29. The summed E-state index contributed by atoms with van der Waals surface area (Å²) < 4.78 is 10.8. The van der Waals surface area contributed by atoms with Gasteiger partial charge in [-0.25, -0.2) is 9.59 Å². The van der Waals surface area contributed by atoms with Gasteiger partial charge in [-0.15, -0.1) is 0 Å². The number of hydrogen-bond donors (Lipinski definition) is 3. The number of alkyl carbamates (subject to hydrolysis) is 1. The summed E-state index contributed by atoms with van der Waals surface area (Å²) in [5.41, 5.74) is -2.02. The number of carbonyl (C=O) groups excluding carboxylic acids is 2. The standard InChI is InChI=1S/C20H36N2O6/c1-19(2,3)28-18(26)22-20(4,5)17(25)21-15(16(23)24)11-12-27-13-14-9-7-6-8-10-14/h14-15H,6-13H2,1-5H3,(H,21,25)(H,22,26)(H,23,24)/t15-/m1/s1. The van der Waals surface area contributed by atoms with Gasteiger partial charge >= 0.3 is 12.1 Å². The summed E-state index contributed by atoms with van der Waals surface area (Å²) in [7, 11) is 0. The number of rotatable bonds is 9. The molecular weight excluding hydrogens is 364 g/mol. The van der Waals surface area contributed by atoms with Crippen molar-refractivity contribution in [2.75, 3.05) is 13.2 Å². The van der Waals surface area contributed by atoms with E-state index in [0.717, 1.165) is 12.8 Å². The van der Waals surface area contributed by atoms with Gasteiger partial charge in [-0.3, -0.25) is 4.79 Å². The number of amides is 2. The summed E-state index contributed by atoms with van der Waals surface area (Å²) in [6.07, 6.45) is 5.46. The lowest BCUT2D eigenvalue weighted by Crippen LogP contribution is -2.58. The van der Waals surface area contributed by atoms with Crippen LogP contribution in [0.15, 0.2) is 0 Å². The fraction of sp³-hybridized carbons (Fsp3) is 0.850. The Bertz CT molecular complexity index is 535. The zero-order valence-corrected chi connectivity index (χ0v) is 17.8. The molecule has 1 aliphatic rings. The predicted octanol–water partition coefficient (Wildman–Crippen LogP) is 2.85. The normalized spacial score (nSPS) is 16.9. The molecule has 162 valence electrons. The van der Waals surface area contributed by atoms with Crippen LogP contribution < -0.4 is 10.6 Å². The highest BCUT2D eigenvalue weighted by Gasteiger charge is 2.34. The molecule has 0 aromatic rings. The molecule has 2 amide bonds. The fourth-order valence-electron chi connectivity index (χ4n) is 3.02.